The second kappa shape index (κ2) is 6.77. The molecule has 1 saturated heterocycles. The number of aromatic nitrogens is 2. The van der Waals surface area contributed by atoms with Crippen molar-refractivity contribution in [2.45, 2.75) is 38.8 Å². The molecule has 1 aromatic rings. The summed E-state index contributed by atoms with van der Waals surface area (Å²) in [5.74, 6) is 0. The van der Waals surface area contributed by atoms with Crippen LogP contribution >= 0.6 is 0 Å². The normalized spacial score (nSPS) is 21.8. The van der Waals surface area contributed by atoms with E-state index >= 15 is 0 Å². The maximum Gasteiger partial charge on any atom is 0.0536 e. The van der Waals surface area contributed by atoms with Crippen molar-refractivity contribution in [1.29, 1.82) is 0 Å². The highest BCUT2D eigenvalue weighted by Gasteiger charge is 2.21. The van der Waals surface area contributed by atoms with Gasteiger partial charge in [-0.15, -0.1) is 0 Å². The van der Waals surface area contributed by atoms with Crippen LogP contribution < -0.4 is 5.32 Å². The maximum atomic E-state index is 4.26. The van der Waals surface area contributed by atoms with Crippen molar-refractivity contribution in [2.24, 2.45) is 0 Å². The number of rotatable bonds is 6. The Kier molecular flexibility index (Phi) is 5.01. The number of likely N-dealkylation sites (tertiary alicyclic amines) is 1. The number of nitrogens with one attached hydrogen (secondary N) is 1. The fourth-order valence-electron chi connectivity index (χ4n) is 2.56. The van der Waals surface area contributed by atoms with Gasteiger partial charge in [-0.25, -0.2) is 0 Å². The molecule has 96 valence electrons. The van der Waals surface area contributed by atoms with Crippen LogP contribution in [0.15, 0.2) is 18.5 Å². The molecule has 17 heavy (non-hydrogen) atoms. The molecule has 1 N–H and O–H groups in total. The van der Waals surface area contributed by atoms with Gasteiger partial charge in [0.25, 0.3) is 0 Å². The van der Waals surface area contributed by atoms with Crippen LogP contribution in [0, 0.1) is 0 Å². The van der Waals surface area contributed by atoms with E-state index in [0.717, 1.165) is 32.2 Å². The van der Waals surface area contributed by atoms with E-state index in [9.17, 15) is 0 Å². The molecule has 4 heteroatoms. The van der Waals surface area contributed by atoms with Gasteiger partial charge in [0.15, 0.2) is 0 Å². The maximum absolute atomic E-state index is 4.26. The molecule has 1 atom stereocenters. The topological polar surface area (TPSA) is 33.1 Å². The monoisotopic (exact) mass is 236 g/mol. The first-order valence-corrected chi connectivity index (χ1v) is 6.82. The van der Waals surface area contributed by atoms with E-state index in [2.05, 4.69) is 22.2 Å². The molecule has 0 amide bonds. The van der Waals surface area contributed by atoms with Gasteiger partial charge in [-0.05, 0) is 32.0 Å². The molecular weight excluding hydrogens is 212 g/mol. The highest BCUT2D eigenvalue weighted by Crippen LogP contribution is 2.16. The molecule has 1 aliphatic heterocycles. The molecule has 0 bridgehead atoms. The second-order valence-electron chi connectivity index (χ2n) is 4.76. The molecule has 1 aliphatic rings. The zero-order valence-electron chi connectivity index (χ0n) is 10.8. The smallest absolute Gasteiger partial charge is 0.0536 e. The van der Waals surface area contributed by atoms with Crippen LogP contribution in [0.5, 0.6) is 0 Å². The number of piperidine rings is 1. The molecule has 0 aliphatic carbocycles. The zero-order chi connectivity index (χ0) is 11.9. The standard InChI is InChI=1S/C13H24N4/c1-2-14-12-13-6-3-4-8-16(13)10-11-17-9-5-7-15-17/h5,7,9,13-14H,2-4,6,8,10-12H2,1H3. The fraction of sp³-hybridized carbons (Fsp3) is 0.769. The fourth-order valence-corrected chi connectivity index (χ4v) is 2.56. The summed E-state index contributed by atoms with van der Waals surface area (Å²) in [5, 5.41) is 7.74. The van der Waals surface area contributed by atoms with Crippen LogP contribution in [0.25, 0.3) is 0 Å². The van der Waals surface area contributed by atoms with Crippen molar-refractivity contribution < 1.29 is 0 Å². The van der Waals surface area contributed by atoms with Crippen molar-refractivity contribution in [3.63, 3.8) is 0 Å². The molecule has 1 fully saturated rings. The van der Waals surface area contributed by atoms with Crippen LogP contribution in [-0.2, 0) is 6.54 Å². The number of hydrogen-bond donors (Lipinski definition) is 1. The second-order valence-corrected chi connectivity index (χ2v) is 4.76. The summed E-state index contributed by atoms with van der Waals surface area (Å²) in [4.78, 5) is 2.62. The quantitative estimate of drug-likeness (QED) is 0.809. The van der Waals surface area contributed by atoms with Gasteiger partial charge in [0.2, 0.25) is 0 Å². The van der Waals surface area contributed by atoms with Gasteiger partial charge in [-0.1, -0.05) is 13.3 Å². The predicted molar refractivity (Wildman–Crippen MR) is 70.0 cm³/mol. The summed E-state index contributed by atoms with van der Waals surface area (Å²) in [7, 11) is 0. The molecular formula is C13H24N4. The number of nitrogens with zero attached hydrogens (tertiary/aromatic N) is 3. The Bertz CT molecular complexity index is 296. The summed E-state index contributed by atoms with van der Waals surface area (Å²) in [6.07, 6.45) is 7.97. The van der Waals surface area contributed by atoms with Gasteiger partial charge in [0.05, 0.1) is 6.54 Å². The SMILES string of the molecule is CCNCC1CCCCN1CCn1cccn1. The predicted octanol–water partition coefficient (Wildman–Crippen LogP) is 1.35. The number of likely N-dealkylation sites (N-methyl/N-ethyl adjacent to an activating group) is 1. The van der Waals surface area contributed by atoms with E-state index in [1.165, 1.54) is 25.8 Å². The minimum atomic E-state index is 0.722. The van der Waals surface area contributed by atoms with Crippen LogP contribution in [-0.4, -0.2) is 46.9 Å². The lowest BCUT2D eigenvalue weighted by molar-refractivity contribution is 0.139. The van der Waals surface area contributed by atoms with Crippen LogP contribution in [0.3, 0.4) is 0 Å². The number of hydrogen-bond acceptors (Lipinski definition) is 3. The minimum Gasteiger partial charge on any atom is -0.315 e. The largest absolute Gasteiger partial charge is 0.315 e. The third-order valence-electron chi connectivity index (χ3n) is 3.55. The van der Waals surface area contributed by atoms with Crippen LogP contribution in [0.2, 0.25) is 0 Å². The highest BCUT2D eigenvalue weighted by atomic mass is 15.3. The lowest BCUT2D eigenvalue weighted by Crippen LogP contribution is -2.46. The molecule has 0 saturated carbocycles. The first-order chi connectivity index (χ1) is 8.40. The Morgan fingerprint density at radius 1 is 1.35 bits per heavy atom. The van der Waals surface area contributed by atoms with Gasteiger partial charge in [-0.2, -0.15) is 5.10 Å². The first kappa shape index (κ1) is 12.6. The molecule has 4 nitrogen and oxygen atoms in total. The van der Waals surface area contributed by atoms with Gasteiger partial charge in [0, 0.05) is 31.5 Å². The van der Waals surface area contributed by atoms with E-state index in [1.54, 1.807) is 0 Å². The third kappa shape index (κ3) is 3.82. The van der Waals surface area contributed by atoms with Crippen molar-refractivity contribution in [2.75, 3.05) is 26.2 Å². The van der Waals surface area contributed by atoms with Crippen LogP contribution in [0.4, 0.5) is 0 Å². The summed E-state index contributed by atoms with van der Waals surface area (Å²) in [6.45, 7) is 7.76. The minimum absolute atomic E-state index is 0.722. The Balaban J connectivity index is 1.79. The average Bonchev–Trinajstić information content (AvgIpc) is 2.88. The lowest BCUT2D eigenvalue weighted by atomic mass is 10.0. The van der Waals surface area contributed by atoms with E-state index in [1.807, 2.05) is 23.1 Å². The molecule has 0 spiro atoms. The summed E-state index contributed by atoms with van der Waals surface area (Å²) in [5.41, 5.74) is 0. The summed E-state index contributed by atoms with van der Waals surface area (Å²) in [6, 6.07) is 2.71. The molecule has 2 rings (SSSR count). The first-order valence-electron chi connectivity index (χ1n) is 6.82. The van der Waals surface area contributed by atoms with Gasteiger partial charge in [-0.3, -0.25) is 9.58 Å². The highest BCUT2D eigenvalue weighted by molar-refractivity contribution is 4.81. The van der Waals surface area contributed by atoms with Crippen molar-refractivity contribution in [3.8, 4) is 0 Å². The van der Waals surface area contributed by atoms with E-state index in [0.29, 0.717) is 0 Å². The van der Waals surface area contributed by atoms with Crippen molar-refractivity contribution in [3.05, 3.63) is 18.5 Å². The lowest BCUT2D eigenvalue weighted by Gasteiger charge is -2.35. The molecule has 1 unspecified atom stereocenters. The Labute approximate surface area is 104 Å². The molecule has 1 aromatic heterocycles. The van der Waals surface area contributed by atoms with Gasteiger partial charge >= 0.3 is 0 Å². The van der Waals surface area contributed by atoms with Crippen LogP contribution in [0.1, 0.15) is 26.2 Å². The Hall–Kier alpha value is -0.870. The molecule has 0 aromatic carbocycles. The molecule has 2 heterocycles. The van der Waals surface area contributed by atoms with Crippen molar-refractivity contribution in [1.82, 2.24) is 20.0 Å². The van der Waals surface area contributed by atoms with E-state index < -0.39 is 0 Å². The summed E-state index contributed by atoms with van der Waals surface area (Å²) >= 11 is 0. The van der Waals surface area contributed by atoms with Gasteiger partial charge < -0.3 is 5.32 Å². The van der Waals surface area contributed by atoms with E-state index in [4.69, 9.17) is 0 Å². The summed E-state index contributed by atoms with van der Waals surface area (Å²) < 4.78 is 2.03. The van der Waals surface area contributed by atoms with E-state index in [-0.39, 0.29) is 0 Å². The Morgan fingerprint density at radius 2 is 2.29 bits per heavy atom. The molecule has 0 radical (unpaired) electrons. The van der Waals surface area contributed by atoms with Gasteiger partial charge in [0.1, 0.15) is 0 Å². The average molecular weight is 236 g/mol. The Morgan fingerprint density at radius 3 is 3.06 bits per heavy atom. The van der Waals surface area contributed by atoms with Crippen molar-refractivity contribution >= 4 is 0 Å². The zero-order valence-corrected chi connectivity index (χ0v) is 10.8. The third-order valence-corrected chi connectivity index (χ3v) is 3.55.